The lowest BCUT2D eigenvalue weighted by molar-refractivity contribution is 0.282. The van der Waals surface area contributed by atoms with Gasteiger partial charge >= 0.3 is 0 Å². The van der Waals surface area contributed by atoms with Gasteiger partial charge in [0.05, 0.1) is 6.61 Å². The van der Waals surface area contributed by atoms with Crippen LogP contribution < -0.4 is 0 Å². The van der Waals surface area contributed by atoms with Crippen molar-refractivity contribution in [2.75, 3.05) is 0 Å². The summed E-state index contributed by atoms with van der Waals surface area (Å²) in [5.41, 5.74) is 4.69. The first kappa shape index (κ1) is 11.9. The lowest BCUT2D eigenvalue weighted by Crippen LogP contribution is -1.84. The highest BCUT2D eigenvalue weighted by molar-refractivity contribution is 5.87. The van der Waals surface area contributed by atoms with Crippen molar-refractivity contribution in [1.82, 2.24) is 0 Å². The molecule has 3 aromatic carbocycles. The quantitative estimate of drug-likeness (QED) is 0.716. The monoisotopic (exact) mass is 248 g/mol. The number of hydrogen-bond acceptors (Lipinski definition) is 1. The molecule has 0 radical (unpaired) electrons. The zero-order valence-corrected chi connectivity index (χ0v) is 10.9. The molecular weight excluding hydrogens is 232 g/mol. The van der Waals surface area contributed by atoms with Crippen molar-refractivity contribution in [2.45, 2.75) is 13.5 Å². The predicted octanol–water partition coefficient (Wildman–Crippen LogP) is 4.31. The van der Waals surface area contributed by atoms with Crippen LogP contribution in [0.5, 0.6) is 0 Å². The van der Waals surface area contributed by atoms with Gasteiger partial charge in [0.2, 0.25) is 0 Å². The summed E-state index contributed by atoms with van der Waals surface area (Å²) in [4.78, 5) is 0. The Labute approximate surface area is 113 Å². The fourth-order valence-corrected chi connectivity index (χ4v) is 2.32. The van der Waals surface area contributed by atoms with Crippen molar-refractivity contribution in [2.24, 2.45) is 0 Å². The average molecular weight is 248 g/mol. The Balaban J connectivity index is 2.08. The van der Waals surface area contributed by atoms with E-state index in [1.54, 1.807) is 0 Å². The van der Waals surface area contributed by atoms with E-state index in [-0.39, 0.29) is 6.61 Å². The molecule has 0 spiro atoms. The van der Waals surface area contributed by atoms with Gasteiger partial charge in [-0.3, -0.25) is 0 Å². The fraction of sp³-hybridized carbons (Fsp3) is 0.111. The smallest absolute Gasteiger partial charge is 0.0682 e. The van der Waals surface area contributed by atoms with Crippen molar-refractivity contribution in [3.05, 3.63) is 71.8 Å². The minimum absolute atomic E-state index is 0.0929. The van der Waals surface area contributed by atoms with E-state index in [2.05, 4.69) is 55.5 Å². The van der Waals surface area contributed by atoms with Gasteiger partial charge < -0.3 is 5.11 Å². The van der Waals surface area contributed by atoms with Crippen molar-refractivity contribution in [3.63, 3.8) is 0 Å². The number of aliphatic hydroxyl groups is 1. The number of rotatable bonds is 2. The SMILES string of the molecule is Cc1ccc(-c2ccc3cc(CO)ccc3c2)cc1. The summed E-state index contributed by atoms with van der Waals surface area (Å²) in [6.45, 7) is 2.19. The highest BCUT2D eigenvalue weighted by Crippen LogP contribution is 2.25. The normalized spacial score (nSPS) is 10.8. The Morgan fingerprint density at radius 1 is 0.737 bits per heavy atom. The van der Waals surface area contributed by atoms with E-state index in [0.717, 1.165) is 5.56 Å². The third-order valence-corrected chi connectivity index (χ3v) is 3.47. The summed E-state index contributed by atoms with van der Waals surface area (Å²) in [7, 11) is 0. The largest absolute Gasteiger partial charge is 0.392 e. The maximum Gasteiger partial charge on any atom is 0.0682 e. The molecular formula is C18H16O. The van der Waals surface area contributed by atoms with E-state index in [1.165, 1.54) is 27.5 Å². The molecule has 1 nitrogen and oxygen atoms in total. The van der Waals surface area contributed by atoms with E-state index in [1.807, 2.05) is 12.1 Å². The molecule has 0 unspecified atom stereocenters. The maximum atomic E-state index is 9.16. The zero-order chi connectivity index (χ0) is 13.2. The molecule has 0 saturated heterocycles. The number of hydrogen-bond donors (Lipinski definition) is 1. The number of benzene rings is 3. The molecule has 0 bridgehead atoms. The molecule has 0 aliphatic heterocycles. The second kappa shape index (κ2) is 4.87. The Morgan fingerprint density at radius 2 is 1.37 bits per heavy atom. The van der Waals surface area contributed by atoms with Crippen molar-refractivity contribution in [1.29, 1.82) is 0 Å². The first-order valence-corrected chi connectivity index (χ1v) is 6.47. The summed E-state index contributed by atoms with van der Waals surface area (Å²) in [6, 6.07) is 21.1. The summed E-state index contributed by atoms with van der Waals surface area (Å²) in [5.74, 6) is 0. The molecule has 3 rings (SSSR count). The molecule has 1 N–H and O–H groups in total. The number of fused-ring (bicyclic) bond motifs is 1. The molecule has 3 aromatic rings. The molecule has 0 aliphatic carbocycles. The average Bonchev–Trinajstić information content (AvgIpc) is 2.47. The van der Waals surface area contributed by atoms with Crippen molar-refractivity contribution < 1.29 is 5.11 Å². The zero-order valence-electron chi connectivity index (χ0n) is 10.9. The summed E-state index contributed by atoms with van der Waals surface area (Å²) >= 11 is 0. The van der Waals surface area contributed by atoms with Gasteiger partial charge in [-0.1, -0.05) is 54.1 Å². The van der Waals surface area contributed by atoms with Crippen LogP contribution in [0.1, 0.15) is 11.1 Å². The first-order valence-electron chi connectivity index (χ1n) is 6.47. The lowest BCUT2D eigenvalue weighted by Gasteiger charge is -2.06. The fourth-order valence-electron chi connectivity index (χ4n) is 2.32. The number of aliphatic hydroxyl groups excluding tert-OH is 1. The van der Waals surface area contributed by atoms with Crippen LogP contribution in [0.15, 0.2) is 60.7 Å². The van der Waals surface area contributed by atoms with Crippen LogP contribution >= 0.6 is 0 Å². The van der Waals surface area contributed by atoms with Gasteiger partial charge in [0.25, 0.3) is 0 Å². The Bertz CT molecular complexity index is 711. The van der Waals surface area contributed by atoms with E-state index >= 15 is 0 Å². The summed E-state index contributed by atoms with van der Waals surface area (Å²) in [5, 5.41) is 11.5. The van der Waals surface area contributed by atoms with Gasteiger partial charge in [0.15, 0.2) is 0 Å². The van der Waals surface area contributed by atoms with Gasteiger partial charge in [0.1, 0.15) is 0 Å². The van der Waals surface area contributed by atoms with E-state index < -0.39 is 0 Å². The van der Waals surface area contributed by atoms with Crippen LogP contribution in [-0.4, -0.2) is 5.11 Å². The molecule has 0 aliphatic rings. The van der Waals surface area contributed by atoms with Gasteiger partial charge in [-0.25, -0.2) is 0 Å². The summed E-state index contributed by atoms with van der Waals surface area (Å²) < 4.78 is 0. The van der Waals surface area contributed by atoms with Crippen LogP contribution in [0.25, 0.3) is 21.9 Å². The molecule has 0 heterocycles. The Kier molecular flexibility index (Phi) is 3.06. The van der Waals surface area contributed by atoms with Gasteiger partial charge in [-0.05, 0) is 46.5 Å². The molecule has 0 aromatic heterocycles. The van der Waals surface area contributed by atoms with Crippen molar-refractivity contribution in [3.8, 4) is 11.1 Å². The predicted molar refractivity (Wildman–Crippen MR) is 80.0 cm³/mol. The maximum absolute atomic E-state index is 9.16. The molecule has 0 saturated carbocycles. The molecule has 0 amide bonds. The van der Waals surface area contributed by atoms with E-state index in [0.29, 0.717) is 0 Å². The van der Waals surface area contributed by atoms with Crippen LogP contribution in [0.3, 0.4) is 0 Å². The topological polar surface area (TPSA) is 20.2 Å². The van der Waals surface area contributed by atoms with Crippen LogP contribution in [0.4, 0.5) is 0 Å². The number of aryl methyl sites for hydroxylation is 1. The van der Waals surface area contributed by atoms with E-state index in [4.69, 9.17) is 5.11 Å². The third-order valence-electron chi connectivity index (χ3n) is 3.47. The molecule has 94 valence electrons. The van der Waals surface area contributed by atoms with Gasteiger partial charge in [0, 0.05) is 0 Å². The van der Waals surface area contributed by atoms with Crippen molar-refractivity contribution >= 4 is 10.8 Å². The third kappa shape index (κ3) is 2.38. The Morgan fingerprint density at radius 3 is 2.11 bits per heavy atom. The van der Waals surface area contributed by atoms with Gasteiger partial charge in [-0.15, -0.1) is 0 Å². The Hall–Kier alpha value is -2.12. The second-order valence-corrected chi connectivity index (χ2v) is 4.92. The second-order valence-electron chi connectivity index (χ2n) is 4.92. The minimum atomic E-state index is 0.0929. The van der Waals surface area contributed by atoms with Crippen LogP contribution in [0, 0.1) is 6.92 Å². The van der Waals surface area contributed by atoms with Gasteiger partial charge in [-0.2, -0.15) is 0 Å². The highest BCUT2D eigenvalue weighted by atomic mass is 16.3. The van der Waals surface area contributed by atoms with Crippen LogP contribution in [-0.2, 0) is 6.61 Å². The molecule has 0 fully saturated rings. The minimum Gasteiger partial charge on any atom is -0.392 e. The standard InChI is InChI=1S/C18H16O/c1-13-2-5-15(6-3-13)17-9-8-16-10-14(12-19)4-7-18(16)11-17/h2-11,19H,12H2,1H3. The van der Waals surface area contributed by atoms with E-state index in [9.17, 15) is 0 Å². The first-order chi connectivity index (χ1) is 9.26. The summed E-state index contributed by atoms with van der Waals surface area (Å²) in [6.07, 6.45) is 0. The molecule has 0 atom stereocenters. The lowest BCUT2D eigenvalue weighted by atomic mass is 9.99. The molecule has 19 heavy (non-hydrogen) atoms. The highest BCUT2D eigenvalue weighted by Gasteiger charge is 2.00. The van der Waals surface area contributed by atoms with Crippen LogP contribution in [0.2, 0.25) is 0 Å². The molecule has 1 heteroatoms.